The van der Waals surface area contributed by atoms with Crippen LogP contribution in [0.25, 0.3) is 16.2 Å². The molecule has 8 heteroatoms. The fourth-order valence-corrected chi connectivity index (χ4v) is 4.11. The summed E-state index contributed by atoms with van der Waals surface area (Å²) in [5.41, 5.74) is 2.90. The summed E-state index contributed by atoms with van der Waals surface area (Å²) in [5, 5.41) is 2.33. The van der Waals surface area contributed by atoms with E-state index >= 15 is 0 Å². The van der Waals surface area contributed by atoms with Crippen molar-refractivity contribution in [3.8, 4) is 11.3 Å². The molecule has 5 rings (SSSR count). The first-order valence-electron chi connectivity index (χ1n) is 8.81. The maximum Gasteiger partial charge on any atom is 0.339 e. The number of hydroxylamine groups is 2. The van der Waals surface area contributed by atoms with Crippen molar-refractivity contribution in [2.24, 2.45) is 0 Å². The smallest absolute Gasteiger partial charge is 0.329 e. The van der Waals surface area contributed by atoms with Crippen LogP contribution in [0.15, 0.2) is 66.2 Å². The number of amides is 2. The van der Waals surface area contributed by atoms with Crippen LogP contribution in [-0.4, -0.2) is 32.2 Å². The highest BCUT2D eigenvalue weighted by atomic mass is 32.1. The van der Waals surface area contributed by atoms with Gasteiger partial charge >= 0.3 is 5.97 Å². The fraction of sp³-hybridized carbons (Fsp3) is 0.0476. The Balaban J connectivity index is 1.35. The molecule has 0 bridgehead atoms. The monoisotopic (exact) mass is 403 g/mol. The average Bonchev–Trinajstić information content (AvgIpc) is 3.39. The topological polar surface area (TPSA) is 81.0 Å². The largest absolute Gasteiger partial charge is 0.339 e. The number of fused-ring (bicyclic) bond motifs is 2. The van der Waals surface area contributed by atoms with E-state index in [0.717, 1.165) is 16.2 Å². The number of benzene rings is 2. The number of thiazole rings is 1. The lowest BCUT2D eigenvalue weighted by molar-refractivity contribution is -0.167. The number of carbonyl (C=O) groups is 3. The zero-order chi connectivity index (χ0) is 20.0. The number of hydrogen-bond acceptors (Lipinski definition) is 6. The molecule has 7 nitrogen and oxygen atoms in total. The molecule has 0 atom stereocenters. The first-order chi connectivity index (χ1) is 14.1. The Morgan fingerprint density at radius 3 is 2.31 bits per heavy atom. The van der Waals surface area contributed by atoms with Gasteiger partial charge in [0.05, 0.1) is 23.2 Å². The van der Waals surface area contributed by atoms with E-state index in [-0.39, 0.29) is 17.5 Å². The van der Waals surface area contributed by atoms with Gasteiger partial charge in [-0.25, -0.2) is 9.78 Å². The van der Waals surface area contributed by atoms with Gasteiger partial charge in [-0.1, -0.05) is 47.5 Å². The summed E-state index contributed by atoms with van der Waals surface area (Å²) in [7, 11) is 0. The number of imidazole rings is 1. The molecular weight excluding hydrogens is 390 g/mol. The summed E-state index contributed by atoms with van der Waals surface area (Å²) in [6.45, 7) is 0. The predicted octanol–water partition coefficient (Wildman–Crippen LogP) is 3.36. The van der Waals surface area contributed by atoms with Crippen molar-refractivity contribution in [1.82, 2.24) is 14.4 Å². The summed E-state index contributed by atoms with van der Waals surface area (Å²) in [5.74, 6) is -1.97. The second-order valence-corrected chi connectivity index (χ2v) is 7.30. The molecule has 4 aromatic rings. The van der Waals surface area contributed by atoms with Crippen LogP contribution >= 0.6 is 11.3 Å². The van der Waals surface area contributed by atoms with Gasteiger partial charge in [0.15, 0.2) is 4.96 Å². The number of nitrogens with zero attached hydrogens (tertiary/aromatic N) is 3. The third-order valence-electron chi connectivity index (χ3n) is 4.63. The van der Waals surface area contributed by atoms with Crippen molar-refractivity contribution in [3.05, 3.63) is 83.0 Å². The third-order valence-corrected chi connectivity index (χ3v) is 5.52. The summed E-state index contributed by atoms with van der Waals surface area (Å²) in [4.78, 5) is 47.5. The molecule has 0 N–H and O–H groups in total. The van der Waals surface area contributed by atoms with Crippen molar-refractivity contribution < 1.29 is 19.2 Å². The predicted molar refractivity (Wildman–Crippen MR) is 105 cm³/mol. The van der Waals surface area contributed by atoms with Crippen molar-refractivity contribution in [3.63, 3.8) is 0 Å². The van der Waals surface area contributed by atoms with Gasteiger partial charge < -0.3 is 4.84 Å². The second kappa shape index (κ2) is 6.68. The van der Waals surface area contributed by atoms with Crippen molar-refractivity contribution in [2.75, 3.05) is 0 Å². The molecular formula is C21H13N3O4S. The van der Waals surface area contributed by atoms with Crippen LogP contribution in [-0.2, 0) is 16.1 Å². The summed E-state index contributed by atoms with van der Waals surface area (Å²) < 4.78 is 1.82. The van der Waals surface area contributed by atoms with Crippen LogP contribution in [0.1, 0.15) is 26.4 Å². The average molecular weight is 403 g/mol. The van der Waals surface area contributed by atoms with E-state index in [1.165, 1.54) is 23.5 Å². The van der Waals surface area contributed by atoms with Crippen LogP contribution in [0.3, 0.4) is 0 Å². The minimum absolute atomic E-state index is 0.0992. The van der Waals surface area contributed by atoms with Gasteiger partial charge in [0, 0.05) is 22.8 Å². The molecule has 0 spiro atoms. The third kappa shape index (κ3) is 2.90. The molecule has 0 saturated carbocycles. The van der Waals surface area contributed by atoms with Crippen LogP contribution in [0, 0.1) is 0 Å². The molecule has 2 amide bonds. The van der Waals surface area contributed by atoms with Gasteiger partial charge in [0.1, 0.15) is 0 Å². The first kappa shape index (κ1) is 17.3. The minimum Gasteiger partial charge on any atom is -0.329 e. The molecule has 0 unspecified atom stereocenters. The van der Waals surface area contributed by atoms with Gasteiger partial charge in [0.2, 0.25) is 0 Å². The number of rotatable bonds is 4. The van der Waals surface area contributed by atoms with E-state index in [4.69, 9.17) is 4.84 Å². The molecule has 3 heterocycles. The number of aromatic nitrogens is 2. The normalized spacial score (nSPS) is 13.2. The van der Waals surface area contributed by atoms with Crippen LogP contribution in [0.2, 0.25) is 0 Å². The fourth-order valence-electron chi connectivity index (χ4n) is 3.24. The molecule has 1 aliphatic heterocycles. The summed E-state index contributed by atoms with van der Waals surface area (Å²) >= 11 is 1.40. The lowest BCUT2D eigenvalue weighted by Crippen LogP contribution is -2.33. The lowest BCUT2D eigenvalue weighted by Gasteiger charge is -2.12. The maximum atomic E-state index is 12.4. The van der Waals surface area contributed by atoms with Crippen LogP contribution < -0.4 is 0 Å². The quantitative estimate of drug-likeness (QED) is 0.488. The lowest BCUT2D eigenvalue weighted by atomic mass is 10.1. The molecule has 2 aromatic carbocycles. The second-order valence-electron chi connectivity index (χ2n) is 6.46. The molecule has 0 aliphatic carbocycles. The zero-order valence-corrected chi connectivity index (χ0v) is 15.8. The molecule has 0 radical (unpaired) electrons. The molecule has 0 saturated heterocycles. The number of imide groups is 1. The van der Waals surface area contributed by atoms with Crippen LogP contribution in [0.5, 0.6) is 0 Å². The Bertz CT molecular complexity index is 1240. The molecule has 29 heavy (non-hydrogen) atoms. The number of carbonyl (C=O) groups excluding carboxylic acids is 3. The van der Waals surface area contributed by atoms with Gasteiger partial charge in [-0.05, 0) is 12.1 Å². The van der Waals surface area contributed by atoms with E-state index in [0.29, 0.717) is 10.8 Å². The van der Waals surface area contributed by atoms with Gasteiger partial charge in [-0.3, -0.25) is 14.0 Å². The van der Waals surface area contributed by atoms with E-state index in [2.05, 4.69) is 4.98 Å². The SMILES string of the molecule is O=C(Cc1csc2nc(-c3ccccc3)cn12)ON1C(=O)c2ccccc2C1=O. The highest BCUT2D eigenvalue weighted by molar-refractivity contribution is 7.15. The number of hydrogen-bond donors (Lipinski definition) is 0. The maximum absolute atomic E-state index is 12.4. The Kier molecular flexibility index (Phi) is 3.99. The van der Waals surface area contributed by atoms with E-state index < -0.39 is 17.8 Å². The van der Waals surface area contributed by atoms with Gasteiger partial charge in [-0.2, -0.15) is 0 Å². The highest BCUT2D eigenvalue weighted by Crippen LogP contribution is 2.25. The van der Waals surface area contributed by atoms with Gasteiger partial charge in [0.25, 0.3) is 11.8 Å². The minimum atomic E-state index is -0.700. The Morgan fingerprint density at radius 2 is 1.62 bits per heavy atom. The highest BCUT2D eigenvalue weighted by Gasteiger charge is 2.38. The van der Waals surface area contributed by atoms with Crippen molar-refractivity contribution in [2.45, 2.75) is 6.42 Å². The Hall–Kier alpha value is -3.78. The van der Waals surface area contributed by atoms with E-state index in [1.807, 2.05) is 40.9 Å². The van der Waals surface area contributed by atoms with Crippen molar-refractivity contribution in [1.29, 1.82) is 0 Å². The molecule has 142 valence electrons. The van der Waals surface area contributed by atoms with Crippen molar-refractivity contribution >= 4 is 34.1 Å². The zero-order valence-electron chi connectivity index (χ0n) is 14.9. The first-order valence-corrected chi connectivity index (χ1v) is 9.69. The standard InChI is InChI=1S/C21H13N3O4S/c25-18(28-24-19(26)15-8-4-5-9-16(15)20(24)27)10-14-12-29-21-22-17(11-23(14)21)13-6-2-1-3-7-13/h1-9,11-12H,10H2. The van der Waals surface area contributed by atoms with E-state index in [9.17, 15) is 14.4 Å². The van der Waals surface area contributed by atoms with Gasteiger partial charge in [-0.15, -0.1) is 11.3 Å². The summed E-state index contributed by atoms with van der Waals surface area (Å²) in [6, 6.07) is 16.1. The Labute approximate surface area is 168 Å². The Morgan fingerprint density at radius 1 is 0.966 bits per heavy atom. The van der Waals surface area contributed by atoms with Crippen LogP contribution in [0.4, 0.5) is 0 Å². The summed E-state index contributed by atoms with van der Waals surface area (Å²) in [6.07, 6.45) is 1.75. The molecule has 2 aromatic heterocycles. The molecule has 1 aliphatic rings. The molecule has 0 fully saturated rings. The van der Waals surface area contributed by atoms with E-state index in [1.54, 1.807) is 17.5 Å².